The average Bonchev–Trinajstić information content (AvgIpc) is 2.55. The Morgan fingerprint density at radius 1 is 0.609 bits per heavy atom. The van der Waals surface area contributed by atoms with Gasteiger partial charge in [0, 0.05) is 5.92 Å². The maximum absolute atomic E-state index is 10.2. The van der Waals surface area contributed by atoms with Gasteiger partial charge in [-0.3, -0.25) is 0 Å². The van der Waals surface area contributed by atoms with Crippen LogP contribution in [0.3, 0.4) is 0 Å². The molecule has 2 atom stereocenters. The van der Waals surface area contributed by atoms with E-state index in [1.54, 1.807) is 0 Å². The minimum Gasteiger partial charge on any atom is -0.368 e. The third-order valence-corrected chi connectivity index (χ3v) is 7.74. The molecule has 3 rings (SSSR count). The molecule has 0 saturated heterocycles. The van der Waals surface area contributed by atoms with Gasteiger partial charge in [0.05, 0.1) is 0 Å². The van der Waals surface area contributed by atoms with Crippen LogP contribution < -0.4 is 0 Å². The van der Waals surface area contributed by atoms with Crippen molar-refractivity contribution in [3.63, 3.8) is 0 Å². The third kappa shape index (κ3) is 4.12. The lowest BCUT2D eigenvalue weighted by atomic mass is 9.58. The van der Waals surface area contributed by atoms with E-state index in [4.69, 9.17) is 0 Å². The number of rotatable bonds is 3. The van der Waals surface area contributed by atoms with Gasteiger partial charge in [0.25, 0.3) is 0 Å². The van der Waals surface area contributed by atoms with E-state index >= 15 is 0 Å². The maximum Gasteiger partial charge on any atom is 0.154 e. The van der Waals surface area contributed by atoms with Crippen molar-refractivity contribution >= 4 is 0 Å². The zero-order valence-electron chi connectivity index (χ0n) is 15.3. The highest BCUT2D eigenvalue weighted by Crippen LogP contribution is 2.50. The summed E-state index contributed by atoms with van der Waals surface area (Å²) in [7, 11) is 0. The van der Waals surface area contributed by atoms with Crippen LogP contribution >= 0.6 is 0 Å². The lowest BCUT2D eigenvalue weighted by molar-refractivity contribution is -0.151. The summed E-state index contributed by atoms with van der Waals surface area (Å²) in [6.45, 7) is 4.75. The van der Waals surface area contributed by atoms with Gasteiger partial charge < -0.3 is 10.2 Å². The average molecular weight is 323 g/mol. The highest BCUT2D eigenvalue weighted by molar-refractivity contribution is 4.92. The molecule has 0 bridgehead atoms. The molecule has 0 spiro atoms. The molecule has 3 aliphatic carbocycles. The number of aliphatic hydroxyl groups excluding tert-OH is 1. The van der Waals surface area contributed by atoms with Crippen LogP contribution in [0.2, 0.25) is 0 Å². The maximum atomic E-state index is 10.2. The van der Waals surface area contributed by atoms with Crippen LogP contribution in [0, 0.1) is 41.4 Å². The molecule has 2 heteroatoms. The van der Waals surface area contributed by atoms with Crippen LogP contribution in [-0.2, 0) is 0 Å². The van der Waals surface area contributed by atoms with Gasteiger partial charge >= 0.3 is 0 Å². The van der Waals surface area contributed by atoms with Crippen molar-refractivity contribution in [3.05, 3.63) is 0 Å². The van der Waals surface area contributed by atoms with Gasteiger partial charge in [-0.2, -0.15) is 0 Å². The summed E-state index contributed by atoms with van der Waals surface area (Å²) in [5, 5.41) is 20.5. The van der Waals surface area contributed by atoms with Gasteiger partial charge in [0.15, 0.2) is 6.29 Å². The molecule has 3 fully saturated rings. The summed E-state index contributed by atoms with van der Waals surface area (Å²) >= 11 is 0. The van der Waals surface area contributed by atoms with Gasteiger partial charge in [-0.1, -0.05) is 46.0 Å². The molecule has 0 aliphatic heterocycles. The molecule has 0 heterocycles. The minimum absolute atomic E-state index is 0.153. The fraction of sp³-hybridized carbons (Fsp3) is 1.00. The van der Waals surface area contributed by atoms with Gasteiger partial charge in [0.1, 0.15) is 0 Å². The van der Waals surface area contributed by atoms with Crippen molar-refractivity contribution in [2.24, 2.45) is 41.4 Å². The first-order chi connectivity index (χ1) is 11.1. The van der Waals surface area contributed by atoms with Crippen molar-refractivity contribution in [2.75, 3.05) is 0 Å². The van der Waals surface area contributed by atoms with Crippen molar-refractivity contribution in [3.8, 4) is 0 Å². The second-order valence-electron chi connectivity index (χ2n) is 9.29. The summed E-state index contributed by atoms with van der Waals surface area (Å²) in [4.78, 5) is 0. The lowest BCUT2D eigenvalue weighted by Crippen LogP contribution is -2.44. The molecular weight excluding hydrogens is 284 g/mol. The standard InChI is InChI=1S/C21H38O2/c1-14-6-10-16(11-7-14)18-4-3-5-19(20(18)21(22)23)17-12-8-15(2)9-13-17/h14-23H,3-13H2,1-2H3. The minimum atomic E-state index is -1.09. The first-order valence-corrected chi connectivity index (χ1v) is 10.4. The molecule has 3 aliphatic rings. The van der Waals surface area contributed by atoms with Crippen LogP contribution in [0.25, 0.3) is 0 Å². The Morgan fingerprint density at radius 2 is 1.00 bits per heavy atom. The van der Waals surface area contributed by atoms with E-state index in [2.05, 4.69) is 13.8 Å². The molecule has 2 nitrogen and oxygen atoms in total. The van der Waals surface area contributed by atoms with Gasteiger partial charge in [-0.15, -0.1) is 0 Å². The van der Waals surface area contributed by atoms with E-state index < -0.39 is 6.29 Å². The normalized spacial score (nSPS) is 46.0. The quantitative estimate of drug-likeness (QED) is 0.719. The molecule has 2 unspecified atom stereocenters. The Morgan fingerprint density at radius 3 is 1.35 bits per heavy atom. The van der Waals surface area contributed by atoms with Gasteiger partial charge in [-0.25, -0.2) is 0 Å². The zero-order chi connectivity index (χ0) is 16.4. The Hall–Kier alpha value is -0.0800. The highest BCUT2D eigenvalue weighted by atomic mass is 16.5. The number of aliphatic hydroxyl groups is 2. The zero-order valence-corrected chi connectivity index (χ0v) is 15.3. The smallest absolute Gasteiger partial charge is 0.154 e. The molecule has 134 valence electrons. The molecule has 2 N–H and O–H groups in total. The summed E-state index contributed by atoms with van der Waals surface area (Å²) in [5.41, 5.74) is 0. The van der Waals surface area contributed by atoms with Gasteiger partial charge in [-0.05, 0) is 74.0 Å². The second-order valence-corrected chi connectivity index (χ2v) is 9.29. The molecule has 23 heavy (non-hydrogen) atoms. The Kier molecular flexibility index (Phi) is 6.07. The van der Waals surface area contributed by atoms with E-state index in [1.165, 1.54) is 70.6 Å². The third-order valence-electron chi connectivity index (χ3n) is 7.74. The summed E-state index contributed by atoms with van der Waals surface area (Å²) < 4.78 is 0. The molecule has 3 saturated carbocycles. The molecule has 0 radical (unpaired) electrons. The topological polar surface area (TPSA) is 40.5 Å². The predicted octanol–water partition coefficient (Wildman–Crippen LogP) is 4.98. The Bertz CT molecular complexity index is 321. The fourth-order valence-electron chi connectivity index (χ4n) is 6.26. The van der Waals surface area contributed by atoms with Crippen molar-refractivity contribution < 1.29 is 10.2 Å². The molecule has 0 amide bonds. The predicted molar refractivity (Wildman–Crippen MR) is 94.8 cm³/mol. The van der Waals surface area contributed by atoms with Crippen LogP contribution in [0.4, 0.5) is 0 Å². The van der Waals surface area contributed by atoms with E-state index in [0.29, 0.717) is 11.8 Å². The lowest BCUT2D eigenvalue weighted by Gasteiger charge is -2.48. The van der Waals surface area contributed by atoms with Crippen molar-refractivity contribution in [1.82, 2.24) is 0 Å². The summed E-state index contributed by atoms with van der Waals surface area (Å²) in [6.07, 6.45) is 13.4. The Balaban J connectivity index is 1.69. The van der Waals surface area contributed by atoms with Crippen LogP contribution in [-0.4, -0.2) is 16.5 Å². The molecule has 0 aromatic carbocycles. The molecule has 0 aromatic heterocycles. The number of hydrogen-bond donors (Lipinski definition) is 2. The van der Waals surface area contributed by atoms with Gasteiger partial charge in [0.2, 0.25) is 0 Å². The molecular formula is C21H38O2. The van der Waals surface area contributed by atoms with E-state index in [9.17, 15) is 10.2 Å². The molecule has 0 aromatic rings. The first kappa shape index (κ1) is 17.7. The first-order valence-electron chi connectivity index (χ1n) is 10.4. The highest BCUT2D eigenvalue weighted by Gasteiger charge is 2.44. The number of hydrogen-bond acceptors (Lipinski definition) is 2. The second kappa shape index (κ2) is 7.87. The summed E-state index contributed by atoms with van der Waals surface area (Å²) in [5.74, 6) is 4.55. The van der Waals surface area contributed by atoms with E-state index in [0.717, 1.165) is 23.7 Å². The van der Waals surface area contributed by atoms with Crippen LogP contribution in [0.5, 0.6) is 0 Å². The fourth-order valence-corrected chi connectivity index (χ4v) is 6.26. The largest absolute Gasteiger partial charge is 0.368 e. The van der Waals surface area contributed by atoms with Crippen molar-refractivity contribution in [2.45, 2.75) is 90.8 Å². The monoisotopic (exact) mass is 322 g/mol. The van der Waals surface area contributed by atoms with Crippen molar-refractivity contribution in [1.29, 1.82) is 0 Å². The van der Waals surface area contributed by atoms with E-state index in [1.807, 2.05) is 0 Å². The Labute approximate surface area is 143 Å². The summed E-state index contributed by atoms with van der Waals surface area (Å²) in [6, 6.07) is 0. The van der Waals surface area contributed by atoms with Crippen LogP contribution in [0.15, 0.2) is 0 Å². The van der Waals surface area contributed by atoms with E-state index in [-0.39, 0.29) is 5.92 Å². The van der Waals surface area contributed by atoms with Crippen LogP contribution in [0.1, 0.15) is 84.5 Å². The SMILES string of the molecule is CC1CCC(C2CCCC(C3CCC(C)CC3)C2C(O)O)CC1.